The molecule has 0 bridgehead atoms. The summed E-state index contributed by atoms with van der Waals surface area (Å²) in [6, 6.07) is 7.47. The fourth-order valence-corrected chi connectivity index (χ4v) is 1.87. The van der Waals surface area contributed by atoms with Crippen molar-refractivity contribution in [1.82, 2.24) is 5.32 Å². The van der Waals surface area contributed by atoms with Gasteiger partial charge in [0.2, 0.25) is 11.8 Å². The molecule has 1 aromatic rings. The van der Waals surface area contributed by atoms with Crippen LogP contribution in [0.25, 0.3) is 0 Å². The van der Waals surface area contributed by atoms with E-state index in [1.54, 1.807) is 0 Å². The molecule has 1 atom stereocenters. The minimum atomic E-state index is -0.168. The van der Waals surface area contributed by atoms with E-state index >= 15 is 0 Å². The molecule has 0 spiro atoms. The Bertz CT molecular complexity index is 412. The Hall–Kier alpha value is -1.84. The van der Waals surface area contributed by atoms with Gasteiger partial charge in [0.15, 0.2) is 0 Å². The summed E-state index contributed by atoms with van der Waals surface area (Å²) in [5.41, 5.74) is 7.37. The minimum absolute atomic E-state index is 0.0960. The maximum absolute atomic E-state index is 11.5. The quantitative estimate of drug-likeness (QED) is 0.571. The summed E-state index contributed by atoms with van der Waals surface area (Å²) in [5.74, 6) is -0.423. The van der Waals surface area contributed by atoms with E-state index in [-0.39, 0.29) is 17.7 Å². The van der Waals surface area contributed by atoms with Gasteiger partial charge in [-0.3, -0.25) is 14.9 Å². The molecule has 4 nitrogen and oxygen atoms in total. The summed E-state index contributed by atoms with van der Waals surface area (Å²) in [6.45, 7) is 0. The monoisotopic (exact) mass is 218 g/mol. The fraction of sp³-hybridized carbons (Fsp3) is 0.333. The second-order valence-electron chi connectivity index (χ2n) is 4.09. The lowest BCUT2D eigenvalue weighted by atomic mass is 9.91. The number of anilines is 1. The van der Waals surface area contributed by atoms with Crippen molar-refractivity contribution in [3.8, 4) is 0 Å². The Kier molecular flexibility index (Phi) is 2.90. The van der Waals surface area contributed by atoms with Crippen molar-refractivity contribution in [1.29, 1.82) is 0 Å². The zero-order valence-corrected chi connectivity index (χ0v) is 8.90. The third kappa shape index (κ3) is 2.39. The predicted molar refractivity (Wildman–Crippen MR) is 60.4 cm³/mol. The average Bonchev–Trinajstić information content (AvgIpc) is 2.25. The summed E-state index contributed by atoms with van der Waals surface area (Å²) in [6.07, 6.45) is 1.74. The van der Waals surface area contributed by atoms with Gasteiger partial charge in [-0.1, -0.05) is 12.1 Å². The Morgan fingerprint density at radius 1 is 1.25 bits per heavy atom. The van der Waals surface area contributed by atoms with E-state index in [0.717, 1.165) is 5.56 Å². The largest absolute Gasteiger partial charge is 0.399 e. The third-order valence-electron chi connectivity index (χ3n) is 2.82. The van der Waals surface area contributed by atoms with Gasteiger partial charge >= 0.3 is 0 Å². The molecular weight excluding hydrogens is 204 g/mol. The molecule has 1 aliphatic heterocycles. The van der Waals surface area contributed by atoms with Gasteiger partial charge in [-0.2, -0.15) is 0 Å². The maximum atomic E-state index is 11.5. The molecule has 1 heterocycles. The Balaban J connectivity index is 2.02. The number of amides is 2. The molecule has 1 aliphatic rings. The summed E-state index contributed by atoms with van der Waals surface area (Å²) in [4.78, 5) is 22.5. The summed E-state index contributed by atoms with van der Waals surface area (Å²) >= 11 is 0. The van der Waals surface area contributed by atoms with Crippen molar-refractivity contribution in [2.75, 3.05) is 5.73 Å². The zero-order chi connectivity index (χ0) is 11.5. The SMILES string of the molecule is Nc1ccc(CC2CCC(=O)NC2=O)cc1. The first-order chi connectivity index (χ1) is 7.65. The number of hydrogen-bond donors (Lipinski definition) is 2. The number of nitrogen functional groups attached to an aromatic ring is 1. The van der Waals surface area contributed by atoms with Gasteiger partial charge < -0.3 is 5.73 Å². The highest BCUT2D eigenvalue weighted by atomic mass is 16.2. The zero-order valence-electron chi connectivity index (χ0n) is 8.90. The second-order valence-corrected chi connectivity index (χ2v) is 4.09. The maximum Gasteiger partial charge on any atom is 0.230 e. The predicted octanol–water partition coefficient (Wildman–Crippen LogP) is 0.864. The molecule has 0 aromatic heterocycles. The standard InChI is InChI=1S/C12H14N2O2/c13-10-4-1-8(2-5-10)7-9-3-6-11(15)14-12(9)16/h1-2,4-5,9H,3,6-7,13H2,(H,14,15,16). The molecule has 2 amide bonds. The first kappa shape index (κ1) is 10.7. The molecule has 2 rings (SSSR count). The summed E-state index contributed by atoms with van der Waals surface area (Å²) in [5, 5.41) is 2.36. The van der Waals surface area contributed by atoms with Crippen molar-refractivity contribution in [2.45, 2.75) is 19.3 Å². The number of hydrogen-bond acceptors (Lipinski definition) is 3. The number of piperidine rings is 1. The van der Waals surface area contributed by atoms with Crippen LogP contribution < -0.4 is 11.1 Å². The Morgan fingerprint density at radius 2 is 1.94 bits per heavy atom. The molecule has 16 heavy (non-hydrogen) atoms. The normalized spacial score (nSPS) is 20.6. The van der Waals surface area contributed by atoms with E-state index < -0.39 is 0 Å². The smallest absolute Gasteiger partial charge is 0.230 e. The first-order valence-corrected chi connectivity index (χ1v) is 5.33. The lowest BCUT2D eigenvalue weighted by Crippen LogP contribution is -2.41. The van der Waals surface area contributed by atoms with Gasteiger partial charge in [0.1, 0.15) is 0 Å². The van der Waals surface area contributed by atoms with Crippen LogP contribution in [0.15, 0.2) is 24.3 Å². The van der Waals surface area contributed by atoms with Crippen LogP contribution >= 0.6 is 0 Å². The average molecular weight is 218 g/mol. The molecule has 1 fully saturated rings. The van der Waals surface area contributed by atoms with Crippen LogP contribution in [0.5, 0.6) is 0 Å². The number of benzene rings is 1. The molecule has 84 valence electrons. The summed E-state index contributed by atoms with van der Waals surface area (Å²) in [7, 11) is 0. The molecule has 0 aliphatic carbocycles. The second kappa shape index (κ2) is 4.35. The van der Waals surface area contributed by atoms with Crippen molar-refractivity contribution >= 4 is 17.5 Å². The van der Waals surface area contributed by atoms with Crippen molar-refractivity contribution < 1.29 is 9.59 Å². The molecular formula is C12H14N2O2. The van der Waals surface area contributed by atoms with Crippen molar-refractivity contribution in [3.63, 3.8) is 0 Å². The van der Waals surface area contributed by atoms with Gasteiger partial charge in [-0.25, -0.2) is 0 Å². The Morgan fingerprint density at radius 3 is 2.56 bits per heavy atom. The van der Waals surface area contributed by atoms with Crippen LogP contribution in [-0.2, 0) is 16.0 Å². The highest BCUT2D eigenvalue weighted by Gasteiger charge is 2.26. The van der Waals surface area contributed by atoms with Crippen LogP contribution in [-0.4, -0.2) is 11.8 Å². The molecule has 3 N–H and O–H groups in total. The van der Waals surface area contributed by atoms with E-state index in [1.807, 2.05) is 24.3 Å². The summed E-state index contributed by atoms with van der Waals surface area (Å²) < 4.78 is 0. The van der Waals surface area contributed by atoms with Crippen molar-refractivity contribution in [2.24, 2.45) is 5.92 Å². The van der Waals surface area contributed by atoms with E-state index in [9.17, 15) is 9.59 Å². The topological polar surface area (TPSA) is 72.2 Å². The number of imide groups is 1. The third-order valence-corrected chi connectivity index (χ3v) is 2.82. The molecule has 0 saturated carbocycles. The number of carbonyl (C=O) groups is 2. The first-order valence-electron chi connectivity index (χ1n) is 5.33. The van der Waals surface area contributed by atoms with Gasteiger partial charge in [-0.05, 0) is 30.5 Å². The minimum Gasteiger partial charge on any atom is -0.399 e. The highest BCUT2D eigenvalue weighted by Crippen LogP contribution is 2.18. The van der Waals surface area contributed by atoms with E-state index in [1.165, 1.54) is 0 Å². The lowest BCUT2D eigenvalue weighted by molar-refractivity contribution is -0.136. The van der Waals surface area contributed by atoms with Crippen LogP contribution in [0.1, 0.15) is 18.4 Å². The molecule has 1 unspecified atom stereocenters. The molecule has 1 aromatic carbocycles. The van der Waals surface area contributed by atoms with E-state index in [0.29, 0.717) is 24.9 Å². The number of nitrogens with two attached hydrogens (primary N) is 1. The number of nitrogens with one attached hydrogen (secondary N) is 1. The number of rotatable bonds is 2. The van der Waals surface area contributed by atoms with Crippen LogP contribution in [0.4, 0.5) is 5.69 Å². The van der Waals surface area contributed by atoms with Gasteiger partial charge in [0.25, 0.3) is 0 Å². The Labute approximate surface area is 93.8 Å². The van der Waals surface area contributed by atoms with Gasteiger partial charge in [-0.15, -0.1) is 0 Å². The number of carbonyl (C=O) groups excluding carboxylic acids is 2. The van der Waals surface area contributed by atoms with E-state index in [4.69, 9.17) is 5.73 Å². The van der Waals surface area contributed by atoms with Crippen LogP contribution in [0.2, 0.25) is 0 Å². The van der Waals surface area contributed by atoms with Crippen LogP contribution in [0.3, 0.4) is 0 Å². The molecule has 0 radical (unpaired) electrons. The van der Waals surface area contributed by atoms with E-state index in [2.05, 4.69) is 5.32 Å². The van der Waals surface area contributed by atoms with Gasteiger partial charge in [0, 0.05) is 18.0 Å². The van der Waals surface area contributed by atoms with Crippen molar-refractivity contribution in [3.05, 3.63) is 29.8 Å². The molecule has 1 saturated heterocycles. The fourth-order valence-electron chi connectivity index (χ4n) is 1.87. The lowest BCUT2D eigenvalue weighted by Gasteiger charge is -2.20. The molecule has 4 heteroatoms. The van der Waals surface area contributed by atoms with Crippen LogP contribution in [0, 0.1) is 5.92 Å². The van der Waals surface area contributed by atoms with Gasteiger partial charge in [0.05, 0.1) is 0 Å². The highest BCUT2D eigenvalue weighted by molar-refractivity contribution is 5.98.